The molecule has 1 fully saturated rings. The van der Waals surface area contributed by atoms with Gasteiger partial charge in [0.1, 0.15) is 0 Å². The first-order valence-electron chi connectivity index (χ1n) is 3.89. The van der Waals surface area contributed by atoms with E-state index in [9.17, 15) is 9.90 Å². The molecule has 0 saturated carbocycles. The fourth-order valence-electron chi connectivity index (χ4n) is 1.34. The summed E-state index contributed by atoms with van der Waals surface area (Å²) in [7, 11) is 1.65. The van der Waals surface area contributed by atoms with E-state index in [1.807, 2.05) is 0 Å². The van der Waals surface area contributed by atoms with Gasteiger partial charge in [-0.3, -0.25) is 9.69 Å². The van der Waals surface area contributed by atoms with Crippen LogP contribution in [0.1, 0.15) is 6.42 Å². The highest BCUT2D eigenvalue weighted by molar-refractivity contribution is 5.94. The van der Waals surface area contributed by atoms with Gasteiger partial charge in [-0.2, -0.15) is 0 Å². The molecule has 0 aliphatic carbocycles. The number of amides is 1. The van der Waals surface area contributed by atoms with Crippen molar-refractivity contribution in [3.63, 3.8) is 0 Å². The van der Waals surface area contributed by atoms with E-state index in [-0.39, 0.29) is 18.9 Å². The second-order valence-electron chi connectivity index (χ2n) is 2.96. The van der Waals surface area contributed by atoms with Crippen LogP contribution in [0.2, 0.25) is 0 Å². The number of aromatic nitrogens is 4. The number of hydrogen-bond acceptors (Lipinski definition) is 5. The summed E-state index contributed by atoms with van der Waals surface area (Å²) in [6, 6.07) is 0. The smallest absolute Gasteiger partial charge is 0.252 e. The van der Waals surface area contributed by atoms with Crippen LogP contribution in [0.25, 0.3) is 0 Å². The van der Waals surface area contributed by atoms with Crippen molar-refractivity contribution < 1.29 is 9.90 Å². The van der Waals surface area contributed by atoms with Crippen LogP contribution in [0.4, 0.5) is 5.95 Å². The maximum atomic E-state index is 11.3. The number of carbonyl (C=O) groups excluding carboxylic acids is 1. The third-order valence-corrected chi connectivity index (χ3v) is 1.94. The van der Waals surface area contributed by atoms with E-state index in [0.717, 1.165) is 0 Å². The fourth-order valence-corrected chi connectivity index (χ4v) is 1.34. The zero-order valence-electron chi connectivity index (χ0n) is 7.08. The average Bonchev–Trinajstić information content (AvgIpc) is 2.58. The molecule has 7 nitrogen and oxygen atoms in total. The summed E-state index contributed by atoms with van der Waals surface area (Å²) in [5.74, 6) is 0.229. The highest BCUT2D eigenvalue weighted by Gasteiger charge is 2.31. The summed E-state index contributed by atoms with van der Waals surface area (Å²) in [5.41, 5.74) is 0. The minimum absolute atomic E-state index is 0.146. The first-order chi connectivity index (χ1) is 6.18. The van der Waals surface area contributed by atoms with Crippen LogP contribution >= 0.6 is 0 Å². The predicted molar refractivity (Wildman–Crippen MR) is 41.8 cm³/mol. The van der Waals surface area contributed by atoms with E-state index in [1.165, 1.54) is 9.58 Å². The number of aliphatic hydroxyl groups is 1. The first-order valence-corrected chi connectivity index (χ1v) is 3.89. The van der Waals surface area contributed by atoms with E-state index >= 15 is 0 Å². The third kappa shape index (κ3) is 1.26. The Morgan fingerprint density at radius 2 is 2.38 bits per heavy atom. The minimum Gasteiger partial charge on any atom is -0.391 e. The minimum atomic E-state index is -0.607. The second kappa shape index (κ2) is 2.77. The normalized spacial score (nSPS) is 22.8. The van der Waals surface area contributed by atoms with Gasteiger partial charge in [0, 0.05) is 7.05 Å². The van der Waals surface area contributed by atoms with Gasteiger partial charge in [0.15, 0.2) is 0 Å². The summed E-state index contributed by atoms with van der Waals surface area (Å²) in [4.78, 5) is 12.7. The molecule has 7 heteroatoms. The largest absolute Gasteiger partial charge is 0.391 e. The van der Waals surface area contributed by atoms with E-state index in [2.05, 4.69) is 15.5 Å². The maximum absolute atomic E-state index is 11.3. The second-order valence-corrected chi connectivity index (χ2v) is 2.96. The van der Waals surface area contributed by atoms with Crippen LogP contribution < -0.4 is 4.90 Å². The maximum Gasteiger partial charge on any atom is 0.252 e. The molecule has 1 aromatic heterocycles. The molecule has 1 atom stereocenters. The average molecular weight is 183 g/mol. The van der Waals surface area contributed by atoms with Gasteiger partial charge in [0.25, 0.3) is 5.95 Å². The number of rotatable bonds is 1. The van der Waals surface area contributed by atoms with Gasteiger partial charge in [-0.25, -0.2) is 4.68 Å². The van der Waals surface area contributed by atoms with E-state index in [4.69, 9.17) is 0 Å². The first kappa shape index (κ1) is 8.11. The molecule has 0 bridgehead atoms. The van der Waals surface area contributed by atoms with Crippen molar-refractivity contribution in [3.05, 3.63) is 0 Å². The number of hydrogen-bond donors (Lipinski definition) is 1. The van der Waals surface area contributed by atoms with Gasteiger partial charge >= 0.3 is 0 Å². The quantitative estimate of drug-likeness (QED) is 0.561. The van der Waals surface area contributed by atoms with Crippen molar-refractivity contribution in [1.29, 1.82) is 0 Å². The molecule has 2 rings (SSSR count). The van der Waals surface area contributed by atoms with E-state index in [1.54, 1.807) is 7.05 Å². The van der Waals surface area contributed by atoms with E-state index < -0.39 is 6.10 Å². The van der Waals surface area contributed by atoms with Crippen LogP contribution in [0.15, 0.2) is 0 Å². The number of aliphatic hydroxyl groups excluding tert-OH is 1. The lowest BCUT2D eigenvalue weighted by Crippen LogP contribution is -2.28. The third-order valence-electron chi connectivity index (χ3n) is 1.94. The Balaban J connectivity index is 2.27. The standard InChI is InChI=1S/C6H9N5O2/c1-10-6(7-8-9-10)11-3-4(12)2-5(11)13/h4,12H,2-3H2,1H3. The molecule has 0 radical (unpaired) electrons. The lowest BCUT2D eigenvalue weighted by molar-refractivity contribution is -0.117. The molecule has 1 saturated heterocycles. The number of β-amino-alcohol motifs (C(OH)–C–C–N with tert-alkyl or cyclic N) is 1. The Bertz CT molecular complexity index is 336. The van der Waals surface area contributed by atoms with E-state index in [0.29, 0.717) is 5.95 Å². The van der Waals surface area contributed by atoms with Crippen molar-refractivity contribution in [1.82, 2.24) is 20.2 Å². The molecule has 2 heterocycles. The van der Waals surface area contributed by atoms with Gasteiger partial charge in [-0.05, 0) is 10.4 Å². The summed E-state index contributed by atoms with van der Waals surface area (Å²) >= 11 is 0. The fraction of sp³-hybridized carbons (Fsp3) is 0.667. The van der Waals surface area contributed by atoms with Gasteiger partial charge in [-0.15, -0.1) is 0 Å². The number of nitrogens with zero attached hydrogens (tertiary/aromatic N) is 5. The molecule has 1 aromatic rings. The summed E-state index contributed by atoms with van der Waals surface area (Å²) < 4.78 is 1.40. The SMILES string of the molecule is Cn1nnnc1N1CC(O)CC1=O. The number of carbonyl (C=O) groups is 1. The molecule has 13 heavy (non-hydrogen) atoms. The Morgan fingerprint density at radius 3 is 2.85 bits per heavy atom. The number of aryl methyl sites for hydroxylation is 1. The predicted octanol–water partition coefficient (Wildman–Crippen LogP) is -1.69. The monoisotopic (exact) mass is 183 g/mol. The number of anilines is 1. The lowest BCUT2D eigenvalue weighted by atomic mass is 10.3. The number of tetrazole rings is 1. The molecule has 1 N–H and O–H groups in total. The Kier molecular flexibility index (Phi) is 1.73. The molecular formula is C6H9N5O2. The molecule has 1 aliphatic heterocycles. The molecule has 1 unspecified atom stereocenters. The van der Waals surface area contributed by atoms with Crippen LogP contribution in [-0.4, -0.2) is 43.9 Å². The zero-order valence-corrected chi connectivity index (χ0v) is 7.08. The summed E-state index contributed by atoms with van der Waals surface area (Å²) in [6.45, 7) is 0.271. The van der Waals surface area contributed by atoms with Crippen LogP contribution in [0, 0.1) is 0 Å². The summed E-state index contributed by atoms with van der Waals surface area (Å²) in [6.07, 6.45) is -0.462. The van der Waals surface area contributed by atoms with Crippen LogP contribution in [0.5, 0.6) is 0 Å². The van der Waals surface area contributed by atoms with Crippen LogP contribution in [0.3, 0.4) is 0 Å². The van der Waals surface area contributed by atoms with Crippen LogP contribution in [-0.2, 0) is 11.8 Å². The van der Waals surface area contributed by atoms with Crippen molar-refractivity contribution in [3.8, 4) is 0 Å². The highest BCUT2D eigenvalue weighted by atomic mass is 16.3. The Hall–Kier alpha value is -1.50. The molecule has 1 amide bonds. The Labute approximate surface area is 73.9 Å². The zero-order chi connectivity index (χ0) is 9.42. The van der Waals surface area contributed by atoms with Crippen molar-refractivity contribution in [2.45, 2.75) is 12.5 Å². The molecule has 0 aromatic carbocycles. The van der Waals surface area contributed by atoms with Gasteiger partial charge in [0.2, 0.25) is 5.91 Å². The van der Waals surface area contributed by atoms with Crippen molar-refractivity contribution in [2.24, 2.45) is 7.05 Å². The Morgan fingerprint density at radius 1 is 1.62 bits per heavy atom. The lowest BCUT2D eigenvalue weighted by Gasteiger charge is -2.11. The van der Waals surface area contributed by atoms with Gasteiger partial charge < -0.3 is 5.11 Å². The van der Waals surface area contributed by atoms with Crippen molar-refractivity contribution in [2.75, 3.05) is 11.4 Å². The molecule has 1 aliphatic rings. The van der Waals surface area contributed by atoms with Gasteiger partial charge in [-0.1, -0.05) is 5.10 Å². The molecule has 0 spiro atoms. The summed E-state index contributed by atoms with van der Waals surface area (Å²) in [5, 5.41) is 19.9. The highest BCUT2D eigenvalue weighted by Crippen LogP contribution is 2.16. The van der Waals surface area contributed by atoms with Crippen molar-refractivity contribution >= 4 is 11.9 Å². The topological polar surface area (TPSA) is 84.1 Å². The molecule has 70 valence electrons. The van der Waals surface area contributed by atoms with Gasteiger partial charge in [0.05, 0.1) is 19.1 Å². The molecular weight excluding hydrogens is 174 g/mol.